The van der Waals surface area contributed by atoms with E-state index in [9.17, 15) is 23.1 Å². The summed E-state index contributed by atoms with van der Waals surface area (Å²) in [4.78, 5) is 12.9. The van der Waals surface area contributed by atoms with E-state index in [0.717, 1.165) is 18.4 Å². The van der Waals surface area contributed by atoms with Crippen molar-refractivity contribution in [3.8, 4) is 11.3 Å². The van der Waals surface area contributed by atoms with Crippen molar-refractivity contribution in [3.05, 3.63) is 40.0 Å². The molecule has 1 fully saturated rings. The molecular formula is C26H35ClF3N3O4S. The van der Waals surface area contributed by atoms with Gasteiger partial charge < -0.3 is 10.4 Å². The third kappa shape index (κ3) is 7.66. The highest BCUT2D eigenvalue weighted by molar-refractivity contribution is 7.51. The molecule has 3 rings (SSSR count). The summed E-state index contributed by atoms with van der Waals surface area (Å²) in [6.07, 6.45) is -1.36. The summed E-state index contributed by atoms with van der Waals surface area (Å²) in [6, 6.07) is 5.13. The Hall–Kier alpha value is -2.24. The summed E-state index contributed by atoms with van der Waals surface area (Å²) < 4.78 is 58.2. The quantitative estimate of drug-likeness (QED) is 0.442. The average Bonchev–Trinajstić information content (AvgIpc) is 3.15. The summed E-state index contributed by atoms with van der Waals surface area (Å²) in [6.45, 7) is 8.79. The van der Waals surface area contributed by atoms with Gasteiger partial charge in [0, 0.05) is 18.7 Å². The van der Waals surface area contributed by atoms with Crippen molar-refractivity contribution in [2.45, 2.75) is 85.0 Å². The number of hydrogen-bond donors (Lipinski definition) is 2. The van der Waals surface area contributed by atoms with Crippen LogP contribution in [0.1, 0.15) is 75.0 Å². The van der Waals surface area contributed by atoms with Crippen LogP contribution < -0.4 is 5.32 Å². The Morgan fingerprint density at radius 2 is 1.84 bits per heavy atom. The van der Waals surface area contributed by atoms with E-state index in [0.29, 0.717) is 42.1 Å². The molecule has 2 N–H and O–H groups in total. The van der Waals surface area contributed by atoms with Gasteiger partial charge in [0.05, 0.1) is 21.7 Å². The van der Waals surface area contributed by atoms with Gasteiger partial charge in [0.2, 0.25) is 0 Å². The van der Waals surface area contributed by atoms with Crippen LogP contribution in [-0.2, 0) is 24.5 Å². The zero-order valence-corrected chi connectivity index (χ0v) is 23.8. The second-order valence-corrected chi connectivity index (χ2v) is 11.2. The van der Waals surface area contributed by atoms with Gasteiger partial charge in [-0.05, 0) is 63.0 Å². The summed E-state index contributed by atoms with van der Waals surface area (Å²) in [5.41, 5.74) is -0.148. The van der Waals surface area contributed by atoms with Crippen LogP contribution in [-0.4, -0.2) is 47.5 Å². The van der Waals surface area contributed by atoms with Crippen molar-refractivity contribution >= 4 is 29.1 Å². The normalized spacial score (nSPS) is 19.9. The second kappa shape index (κ2) is 12.7. The monoisotopic (exact) mass is 577 g/mol. The zero-order chi connectivity index (χ0) is 28.9. The lowest BCUT2D eigenvalue weighted by Gasteiger charge is -2.34. The van der Waals surface area contributed by atoms with E-state index in [1.54, 1.807) is 22.9 Å². The molecule has 1 aromatic carbocycles. The third-order valence-corrected chi connectivity index (χ3v) is 7.51. The SMILES string of the molecule is CCn1nc(C(=O)NCC2(O)CCC(C)CC2)c(Cl)c1-c1ccc(CC(C)(C)C(F)(F)F)cc1C.O=S=O. The summed E-state index contributed by atoms with van der Waals surface area (Å²) >= 11 is 5.89. The number of hydrogen-bond acceptors (Lipinski definition) is 5. The molecule has 12 heteroatoms. The van der Waals surface area contributed by atoms with Crippen LogP contribution in [0.15, 0.2) is 18.2 Å². The number of rotatable bonds is 7. The summed E-state index contributed by atoms with van der Waals surface area (Å²) in [5, 5.41) is 18.2. The molecule has 1 saturated carbocycles. The number of nitrogens with one attached hydrogen (secondary N) is 1. The van der Waals surface area contributed by atoms with E-state index >= 15 is 0 Å². The standard InChI is InChI=1S/C26H35ClF3N3O2.O2S/c1-6-33-22(19-8-7-18(13-17(19)3)14-24(4,5)26(28,29)30)20(27)21(32-33)23(34)31-15-25(35)11-9-16(2)10-12-25;1-3-2/h7-8,13,16,35H,6,9-12,14-15H2,1-5H3,(H,31,34);. The van der Waals surface area contributed by atoms with Crippen LogP contribution in [0.3, 0.4) is 0 Å². The first-order chi connectivity index (χ1) is 17.6. The van der Waals surface area contributed by atoms with Crippen LogP contribution in [0.4, 0.5) is 13.2 Å². The topological polar surface area (TPSA) is 101 Å². The third-order valence-electron chi connectivity index (χ3n) is 7.15. The molecule has 1 aliphatic carbocycles. The molecule has 212 valence electrons. The molecule has 0 spiro atoms. The maximum atomic E-state index is 13.3. The minimum Gasteiger partial charge on any atom is -0.388 e. The lowest BCUT2D eigenvalue weighted by molar-refractivity contribution is -0.211. The van der Waals surface area contributed by atoms with E-state index in [1.165, 1.54) is 13.8 Å². The molecule has 0 atom stereocenters. The molecule has 1 aliphatic rings. The van der Waals surface area contributed by atoms with Crippen molar-refractivity contribution in [1.29, 1.82) is 0 Å². The maximum Gasteiger partial charge on any atom is 0.394 e. The first-order valence-corrected chi connectivity index (χ1v) is 13.5. The largest absolute Gasteiger partial charge is 0.394 e. The molecule has 0 aliphatic heterocycles. The van der Waals surface area contributed by atoms with E-state index < -0.39 is 34.7 Å². The molecule has 0 unspecified atom stereocenters. The number of benzene rings is 1. The highest BCUT2D eigenvalue weighted by Crippen LogP contribution is 2.41. The molecule has 7 nitrogen and oxygen atoms in total. The number of carbonyl (C=O) groups is 1. The van der Waals surface area contributed by atoms with Crippen LogP contribution >= 0.6 is 11.6 Å². The number of nitrogens with zero attached hydrogens (tertiary/aromatic N) is 2. The number of aryl methyl sites for hydroxylation is 2. The number of amides is 1. The molecular weight excluding hydrogens is 543 g/mol. The van der Waals surface area contributed by atoms with Gasteiger partial charge in [-0.25, -0.2) is 0 Å². The first kappa shape index (κ1) is 32.0. The Morgan fingerprint density at radius 1 is 1.26 bits per heavy atom. The highest BCUT2D eigenvalue weighted by atomic mass is 35.5. The summed E-state index contributed by atoms with van der Waals surface area (Å²) in [5.74, 6) is 0.106. The number of halogens is 4. The molecule has 0 bridgehead atoms. The van der Waals surface area contributed by atoms with Crippen LogP contribution in [0, 0.1) is 18.3 Å². The first-order valence-electron chi connectivity index (χ1n) is 12.4. The Bertz CT molecular complexity index is 1170. The van der Waals surface area contributed by atoms with Crippen LogP contribution in [0.5, 0.6) is 0 Å². The van der Waals surface area contributed by atoms with Crippen molar-refractivity contribution < 1.29 is 31.5 Å². The lowest BCUT2D eigenvalue weighted by Crippen LogP contribution is -2.45. The van der Waals surface area contributed by atoms with Crippen LogP contribution in [0.2, 0.25) is 5.02 Å². The predicted molar refractivity (Wildman–Crippen MR) is 140 cm³/mol. The Labute approximate surface area is 229 Å². The van der Waals surface area contributed by atoms with E-state index in [2.05, 4.69) is 17.3 Å². The molecule has 2 aromatic rings. The Balaban J connectivity index is 0.00000161. The summed E-state index contributed by atoms with van der Waals surface area (Å²) in [7, 11) is 0. The fourth-order valence-corrected chi connectivity index (χ4v) is 4.91. The van der Waals surface area contributed by atoms with E-state index in [1.807, 2.05) is 13.8 Å². The van der Waals surface area contributed by atoms with Gasteiger partial charge >= 0.3 is 17.7 Å². The fourth-order valence-electron chi connectivity index (χ4n) is 4.59. The van der Waals surface area contributed by atoms with Gasteiger partial charge in [-0.2, -0.15) is 26.7 Å². The second-order valence-electron chi connectivity index (χ2n) is 10.7. The molecule has 0 radical (unpaired) electrons. The van der Waals surface area contributed by atoms with Gasteiger partial charge in [0.25, 0.3) is 5.91 Å². The number of aliphatic hydroxyl groups is 1. The average molecular weight is 578 g/mol. The number of aromatic nitrogens is 2. The maximum absolute atomic E-state index is 13.3. The minimum atomic E-state index is -4.31. The fraction of sp³-hybridized carbons (Fsp3) is 0.615. The van der Waals surface area contributed by atoms with E-state index in [-0.39, 0.29) is 23.7 Å². The van der Waals surface area contributed by atoms with Crippen molar-refractivity contribution in [3.63, 3.8) is 0 Å². The smallest absolute Gasteiger partial charge is 0.388 e. The predicted octanol–water partition coefficient (Wildman–Crippen LogP) is 5.66. The number of alkyl halides is 3. The molecule has 38 heavy (non-hydrogen) atoms. The highest BCUT2D eigenvalue weighted by Gasteiger charge is 2.47. The van der Waals surface area contributed by atoms with Gasteiger partial charge in [-0.3, -0.25) is 9.48 Å². The van der Waals surface area contributed by atoms with Crippen molar-refractivity contribution in [1.82, 2.24) is 15.1 Å². The molecule has 1 amide bonds. The van der Waals surface area contributed by atoms with E-state index in [4.69, 9.17) is 20.0 Å². The molecule has 0 saturated heterocycles. The lowest BCUT2D eigenvalue weighted by atomic mass is 9.79. The minimum absolute atomic E-state index is 0.0676. The Morgan fingerprint density at radius 3 is 2.34 bits per heavy atom. The van der Waals surface area contributed by atoms with Gasteiger partial charge in [0.1, 0.15) is 0 Å². The van der Waals surface area contributed by atoms with Crippen molar-refractivity contribution in [2.24, 2.45) is 11.3 Å². The molecule has 1 heterocycles. The van der Waals surface area contributed by atoms with Gasteiger partial charge in [-0.15, -0.1) is 0 Å². The molecule has 1 aromatic heterocycles. The van der Waals surface area contributed by atoms with Gasteiger partial charge in [-0.1, -0.05) is 50.6 Å². The number of carbonyl (C=O) groups excluding carboxylic acids is 1. The Kier molecular flexibility index (Phi) is 10.7. The van der Waals surface area contributed by atoms with Crippen LogP contribution in [0.25, 0.3) is 11.3 Å². The van der Waals surface area contributed by atoms with Crippen molar-refractivity contribution in [2.75, 3.05) is 6.54 Å². The zero-order valence-electron chi connectivity index (χ0n) is 22.2. The van der Waals surface area contributed by atoms with Gasteiger partial charge in [0.15, 0.2) is 5.69 Å².